The Morgan fingerprint density at radius 3 is 2.42 bits per heavy atom. The zero-order valence-electron chi connectivity index (χ0n) is 13.2. The SMILES string of the molecule is Cc1cc(CNS(=O)(=O)c2cc3c(cc2Br)n(C)c(=O)n3C)on1. The minimum atomic E-state index is -3.80. The fourth-order valence-electron chi connectivity index (χ4n) is 2.45. The zero-order valence-corrected chi connectivity index (χ0v) is 15.6. The molecule has 8 nitrogen and oxygen atoms in total. The molecule has 0 aliphatic rings. The van der Waals surface area contributed by atoms with Crippen molar-refractivity contribution in [1.29, 1.82) is 0 Å². The van der Waals surface area contributed by atoms with E-state index >= 15 is 0 Å². The third kappa shape index (κ3) is 2.80. The quantitative estimate of drug-likeness (QED) is 0.695. The first kappa shape index (κ1) is 16.9. The van der Waals surface area contributed by atoms with Crippen molar-refractivity contribution < 1.29 is 12.9 Å². The fraction of sp³-hybridized carbons (Fsp3) is 0.286. The molecule has 0 unspecified atom stereocenters. The molecule has 1 N–H and O–H groups in total. The van der Waals surface area contributed by atoms with Crippen molar-refractivity contribution in [3.05, 3.63) is 44.6 Å². The molecule has 0 aliphatic carbocycles. The molecule has 10 heteroatoms. The van der Waals surface area contributed by atoms with E-state index in [1.807, 2.05) is 0 Å². The standard InChI is InChI=1S/C14H15BrN4O4S/c1-8-4-9(23-17-8)7-16-24(21,22)13-6-12-11(5-10(13)15)18(2)14(20)19(12)3/h4-6,16H,7H2,1-3H3. The van der Waals surface area contributed by atoms with E-state index in [9.17, 15) is 13.2 Å². The van der Waals surface area contributed by atoms with Crippen molar-refractivity contribution in [2.24, 2.45) is 14.1 Å². The molecule has 0 saturated carbocycles. The van der Waals surface area contributed by atoms with E-state index in [0.29, 0.717) is 27.0 Å². The lowest BCUT2D eigenvalue weighted by Gasteiger charge is -2.08. The number of hydrogen-bond donors (Lipinski definition) is 1. The van der Waals surface area contributed by atoms with Crippen LogP contribution in [0.4, 0.5) is 0 Å². The molecule has 24 heavy (non-hydrogen) atoms. The highest BCUT2D eigenvalue weighted by atomic mass is 79.9. The summed E-state index contributed by atoms with van der Waals surface area (Å²) in [7, 11) is -0.569. The molecule has 0 aliphatic heterocycles. The van der Waals surface area contributed by atoms with Crippen LogP contribution in [0.25, 0.3) is 11.0 Å². The molecule has 1 aromatic carbocycles. The zero-order chi connectivity index (χ0) is 17.6. The third-order valence-electron chi connectivity index (χ3n) is 3.73. The second kappa shape index (κ2) is 5.87. The van der Waals surface area contributed by atoms with E-state index in [-0.39, 0.29) is 17.1 Å². The maximum atomic E-state index is 12.6. The Labute approximate surface area is 146 Å². The highest BCUT2D eigenvalue weighted by Gasteiger charge is 2.21. The van der Waals surface area contributed by atoms with Gasteiger partial charge in [-0.15, -0.1) is 0 Å². The number of hydrogen-bond acceptors (Lipinski definition) is 5. The second-order valence-electron chi connectivity index (χ2n) is 5.43. The van der Waals surface area contributed by atoms with Crippen molar-refractivity contribution in [1.82, 2.24) is 19.0 Å². The Bertz CT molecular complexity index is 1090. The number of fused-ring (bicyclic) bond motifs is 1. The first-order valence-electron chi connectivity index (χ1n) is 6.97. The van der Waals surface area contributed by atoms with E-state index < -0.39 is 10.0 Å². The van der Waals surface area contributed by atoms with E-state index in [4.69, 9.17) is 4.52 Å². The molecule has 0 atom stereocenters. The van der Waals surface area contributed by atoms with Gasteiger partial charge in [0, 0.05) is 24.6 Å². The van der Waals surface area contributed by atoms with Gasteiger partial charge >= 0.3 is 5.69 Å². The van der Waals surface area contributed by atoms with Crippen LogP contribution in [0.3, 0.4) is 0 Å². The summed E-state index contributed by atoms with van der Waals surface area (Å²) in [6.07, 6.45) is 0. The molecule has 3 rings (SSSR count). The van der Waals surface area contributed by atoms with Gasteiger partial charge in [0.2, 0.25) is 10.0 Å². The van der Waals surface area contributed by atoms with Gasteiger partial charge in [0.1, 0.15) is 0 Å². The smallest absolute Gasteiger partial charge is 0.328 e. The van der Waals surface area contributed by atoms with Gasteiger partial charge in [-0.3, -0.25) is 9.13 Å². The summed E-state index contributed by atoms with van der Waals surface area (Å²) in [6, 6.07) is 4.74. The Hall–Kier alpha value is -1.91. The number of aromatic nitrogens is 3. The number of halogens is 1. The molecular weight excluding hydrogens is 400 g/mol. The predicted octanol–water partition coefficient (Wildman–Crippen LogP) is 1.41. The summed E-state index contributed by atoms with van der Waals surface area (Å²) >= 11 is 3.27. The van der Waals surface area contributed by atoms with E-state index in [1.54, 1.807) is 33.2 Å². The van der Waals surface area contributed by atoms with Gasteiger partial charge in [0.15, 0.2) is 5.76 Å². The van der Waals surface area contributed by atoms with Crippen molar-refractivity contribution in [2.75, 3.05) is 0 Å². The molecule has 2 aromatic heterocycles. The summed E-state index contributed by atoms with van der Waals surface area (Å²) < 4.78 is 35.9. The van der Waals surface area contributed by atoms with Crippen LogP contribution in [-0.2, 0) is 30.7 Å². The number of nitrogens with one attached hydrogen (secondary N) is 1. The highest BCUT2D eigenvalue weighted by Crippen LogP contribution is 2.27. The van der Waals surface area contributed by atoms with Gasteiger partial charge in [-0.25, -0.2) is 17.9 Å². The summed E-state index contributed by atoms with van der Waals surface area (Å²) in [6.45, 7) is 1.74. The highest BCUT2D eigenvalue weighted by molar-refractivity contribution is 9.10. The average molecular weight is 415 g/mol. The largest absolute Gasteiger partial charge is 0.360 e. The van der Waals surface area contributed by atoms with Gasteiger partial charge in [-0.2, -0.15) is 0 Å². The van der Waals surface area contributed by atoms with Crippen LogP contribution in [0.1, 0.15) is 11.5 Å². The van der Waals surface area contributed by atoms with Crippen LogP contribution in [0.2, 0.25) is 0 Å². The van der Waals surface area contributed by atoms with Crippen molar-refractivity contribution >= 4 is 37.0 Å². The molecule has 0 amide bonds. The van der Waals surface area contributed by atoms with Crippen LogP contribution >= 0.6 is 15.9 Å². The Morgan fingerprint density at radius 1 is 1.21 bits per heavy atom. The minimum Gasteiger partial charge on any atom is -0.360 e. The molecule has 0 saturated heterocycles. The Kier molecular flexibility index (Phi) is 4.14. The summed E-state index contributed by atoms with van der Waals surface area (Å²) in [5, 5.41) is 3.71. The minimum absolute atomic E-state index is 0.0125. The summed E-state index contributed by atoms with van der Waals surface area (Å²) in [4.78, 5) is 12.0. The van der Waals surface area contributed by atoms with Gasteiger partial charge in [0.25, 0.3) is 0 Å². The third-order valence-corrected chi connectivity index (χ3v) is 6.09. The molecule has 0 spiro atoms. The molecular formula is C14H15BrN4O4S. The lowest BCUT2D eigenvalue weighted by molar-refractivity contribution is 0.377. The molecule has 0 bridgehead atoms. The van der Waals surface area contributed by atoms with Crippen molar-refractivity contribution in [3.63, 3.8) is 0 Å². The fourth-order valence-corrected chi connectivity index (χ4v) is 4.49. The first-order chi connectivity index (χ1) is 11.2. The number of aryl methyl sites for hydroxylation is 3. The van der Waals surface area contributed by atoms with E-state index in [0.717, 1.165) is 0 Å². The number of imidazole rings is 1. The lowest BCUT2D eigenvalue weighted by atomic mass is 10.3. The predicted molar refractivity (Wildman–Crippen MR) is 91.1 cm³/mol. The molecule has 128 valence electrons. The van der Waals surface area contributed by atoms with Crippen LogP contribution in [-0.4, -0.2) is 22.7 Å². The van der Waals surface area contributed by atoms with Gasteiger partial charge in [-0.1, -0.05) is 5.16 Å². The summed E-state index contributed by atoms with van der Waals surface area (Å²) in [5.74, 6) is 0.417. The molecule has 0 fully saturated rings. The monoisotopic (exact) mass is 414 g/mol. The number of benzene rings is 1. The van der Waals surface area contributed by atoms with Crippen LogP contribution in [0.15, 0.2) is 36.9 Å². The maximum absolute atomic E-state index is 12.6. The number of rotatable bonds is 4. The Balaban J connectivity index is 2.02. The van der Waals surface area contributed by atoms with Crippen LogP contribution < -0.4 is 10.4 Å². The van der Waals surface area contributed by atoms with Crippen molar-refractivity contribution in [2.45, 2.75) is 18.4 Å². The van der Waals surface area contributed by atoms with Gasteiger partial charge in [0.05, 0.1) is 28.2 Å². The maximum Gasteiger partial charge on any atom is 0.328 e. The van der Waals surface area contributed by atoms with Gasteiger partial charge in [-0.05, 0) is 35.0 Å². The number of sulfonamides is 1. The topological polar surface area (TPSA) is 99.1 Å². The first-order valence-corrected chi connectivity index (χ1v) is 9.25. The van der Waals surface area contributed by atoms with E-state index in [1.165, 1.54) is 15.2 Å². The Morgan fingerprint density at radius 2 is 1.83 bits per heavy atom. The number of nitrogens with zero attached hydrogens (tertiary/aromatic N) is 3. The van der Waals surface area contributed by atoms with Gasteiger partial charge < -0.3 is 4.52 Å². The van der Waals surface area contributed by atoms with Crippen LogP contribution in [0.5, 0.6) is 0 Å². The molecule has 3 aromatic rings. The molecule has 2 heterocycles. The molecule has 0 radical (unpaired) electrons. The normalized spacial score (nSPS) is 12.2. The van der Waals surface area contributed by atoms with Crippen molar-refractivity contribution in [3.8, 4) is 0 Å². The van der Waals surface area contributed by atoms with E-state index in [2.05, 4.69) is 25.8 Å². The second-order valence-corrected chi connectivity index (χ2v) is 8.02. The van der Waals surface area contributed by atoms with Crippen LogP contribution in [0, 0.1) is 6.92 Å². The summed E-state index contributed by atoms with van der Waals surface area (Å²) in [5.41, 5.74) is 1.61. The lowest BCUT2D eigenvalue weighted by Crippen LogP contribution is -2.23. The average Bonchev–Trinajstić information content (AvgIpc) is 3.03.